The van der Waals surface area contributed by atoms with Gasteiger partial charge in [-0.2, -0.15) is 0 Å². The zero-order valence-electron chi connectivity index (χ0n) is 11.3. The summed E-state index contributed by atoms with van der Waals surface area (Å²) < 4.78 is 13.9. The highest BCUT2D eigenvalue weighted by molar-refractivity contribution is 7.18. The number of thiophene rings is 1. The average Bonchev–Trinajstić information content (AvgIpc) is 2.85. The molecule has 0 spiro atoms. The maximum absolute atomic E-state index is 13.9. The van der Waals surface area contributed by atoms with E-state index < -0.39 is 0 Å². The van der Waals surface area contributed by atoms with Crippen LogP contribution in [0.1, 0.15) is 17.4 Å². The second-order valence-electron chi connectivity index (χ2n) is 4.70. The molecule has 0 atom stereocenters. The van der Waals surface area contributed by atoms with E-state index >= 15 is 0 Å². The minimum absolute atomic E-state index is 0.332. The third-order valence-corrected chi connectivity index (χ3v) is 4.36. The Labute approximate surface area is 120 Å². The number of anilines is 1. The van der Waals surface area contributed by atoms with Crippen LogP contribution in [0.2, 0.25) is 0 Å². The molecule has 2 N–H and O–H groups in total. The normalized spacial score (nSPS) is 11.2. The molecule has 3 nitrogen and oxygen atoms in total. The Hall–Kier alpha value is -2.01. The molecule has 0 radical (unpaired) electrons. The average molecular weight is 287 g/mol. The lowest BCUT2D eigenvalue weighted by atomic mass is 10.1. The van der Waals surface area contributed by atoms with Crippen molar-refractivity contribution in [2.24, 2.45) is 0 Å². The third kappa shape index (κ3) is 2.14. The summed E-state index contributed by atoms with van der Waals surface area (Å²) in [5.41, 5.74) is 7.34. The van der Waals surface area contributed by atoms with Crippen LogP contribution in [0.4, 0.5) is 10.2 Å². The highest BCUT2D eigenvalue weighted by Gasteiger charge is 2.13. The molecule has 102 valence electrons. The van der Waals surface area contributed by atoms with Crippen molar-refractivity contribution < 1.29 is 4.39 Å². The monoisotopic (exact) mass is 287 g/mol. The van der Waals surface area contributed by atoms with Gasteiger partial charge in [0, 0.05) is 4.88 Å². The summed E-state index contributed by atoms with van der Waals surface area (Å²) in [5.74, 6) is 0.421. The number of fused-ring (bicyclic) bond motifs is 1. The second-order valence-corrected chi connectivity index (χ2v) is 5.82. The van der Waals surface area contributed by atoms with E-state index in [-0.39, 0.29) is 5.82 Å². The SMILES string of the molecule is CCc1cc2c(N)nc(-c3cc(C)ccc3F)nc2s1. The molecule has 0 unspecified atom stereocenters. The first-order valence-corrected chi connectivity index (χ1v) is 7.22. The first-order valence-electron chi connectivity index (χ1n) is 6.41. The molecule has 3 aromatic rings. The van der Waals surface area contributed by atoms with E-state index in [0.717, 1.165) is 22.2 Å². The lowest BCUT2D eigenvalue weighted by molar-refractivity contribution is 0.629. The van der Waals surface area contributed by atoms with Gasteiger partial charge in [0.15, 0.2) is 5.82 Å². The lowest BCUT2D eigenvalue weighted by Crippen LogP contribution is -1.97. The lowest BCUT2D eigenvalue weighted by Gasteiger charge is -2.05. The number of halogens is 1. The van der Waals surface area contributed by atoms with Gasteiger partial charge in [-0.1, -0.05) is 18.6 Å². The Balaban J connectivity index is 2.24. The number of aromatic nitrogens is 2. The van der Waals surface area contributed by atoms with Crippen LogP contribution in [0, 0.1) is 12.7 Å². The van der Waals surface area contributed by atoms with Crippen molar-refractivity contribution in [2.45, 2.75) is 20.3 Å². The largest absolute Gasteiger partial charge is 0.383 e. The van der Waals surface area contributed by atoms with Gasteiger partial charge in [-0.15, -0.1) is 11.3 Å². The number of nitrogen functional groups attached to an aromatic ring is 1. The van der Waals surface area contributed by atoms with Crippen LogP contribution in [-0.4, -0.2) is 9.97 Å². The molecule has 5 heteroatoms. The molecule has 3 rings (SSSR count). The van der Waals surface area contributed by atoms with E-state index in [4.69, 9.17) is 5.73 Å². The number of aryl methyl sites for hydroxylation is 2. The minimum Gasteiger partial charge on any atom is -0.383 e. The van der Waals surface area contributed by atoms with Crippen molar-refractivity contribution in [1.82, 2.24) is 9.97 Å². The van der Waals surface area contributed by atoms with Crippen molar-refractivity contribution in [2.75, 3.05) is 5.73 Å². The van der Waals surface area contributed by atoms with Crippen LogP contribution >= 0.6 is 11.3 Å². The summed E-state index contributed by atoms with van der Waals surface area (Å²) in [5, 5.41) is 0.851. The van der Waals surface area contributed by atoms with Gasteiger partial charge in [-0.05, 0) is 31.5 Å². The van der Waals surface area contributed by atoms with Crippen LogP contribution in [0.5, 0.6) is 0 Å². The maximum atomic E-state index is 13.9. The van der Waals surface area contributed by atoms with Crippen LogP contribution in [0.3, 0.4) is 0 Å². The van der Waals surface area contributed by atoms with E-state index in [2.05, 4.69) is 16.9 Å². The van der Waals surface area contributed by atoms with Gasteiger partial charge in [0.25, 0.3) is 0 Å². The molecule has 0 aliphatic carbocycles. The third-order valence-electron chi connectivity index (χ3n) is 3.18. The number of hydrogen-bond donors (Lipinski definition) is 1. The van der Waals surface area contributed by atoms with E-state index in [1.54, 1.807) is 23.5 Å². The summed E-state index contributed by atoms with van der Waals surface area (Å²) in [7, 11) is 0. The quantitative estimate of drug-likeness (QED) is 0.776. The fourth-order valence-corrected chi connectivity index (χ4v) is 3.07. The van der Waals surface area contributed by atoms with E-state index in [1.807, 2.05) is 13.0 Å². The smallest absolute Gasteiger partial charge is 0.166 e. The summed E-state index contributed by atoms with van der Waals surface area (Å²) in [6, 6.07) is 6.90. The van der Waals surface area contributed by atoms with Gasteiger partial charge >= 0.3 is 0 Å². The number of hydrogen-bond acceptors (Lipinski definition) is 4. The van der Waals surface area contributed by atoms with Crippen LogP contribution in [-0.2, 0) is 6.42 Å². The maximum Gasteiger partial charge on any atom is 0.166 e. The van der Waals surface area contributed by atoms with E-state index in [0.29, 0.717) is 17.2 Å². The van der Waals surface area contributed by atoms with Crippen molar-refractivity contribution >= 4 is 27.4 Å². The Kier molecular flexibility index (Phi) is 3.14. The molecular formula is C15H14FN3S. The van der Waals surface area contributed by atoms with Crippen LogP contribution in [0.25, 0.3) is 21.6 Å². The first kappa shape index (κ1) is 13.0. The number of nitrogens with zero attached hydrogens (tertiary/aromatic N) is 2. The Bertz CT molecular complexity index is 795. The molecule has 0 saturated carbocycles. The van der Waals surface area contributed by atoms with Gasteiger partial charge in [0.05, 0.1) is 10.9 Å². The highest BCUT2D eigenvalue weighted by atomic mass is 32.1. The molecule has 0 aliphatic rings. The number of rotatable bonds is 2. The second kappa shape index (κ2) is 4.83. The van der Waals surface area contributed by atoms with E-state index in [9.17, 15) is 4.39 Å². The zero-order valence-corrected chi connectivity index (χ0v) is 12.1. The molecule has 20 heavy (non-hydrogen) atoms. The molecule has 2 aromatic heterocycles. The fourth-order valence-electron chi connectivity index (χ4n) is 2.10. The predicted molar refractivity (Wildman–Crippen MR) is 81.3 cm³/mol. The molecule has 0 amide bonds. The number of benzene rings is 1. The summed E-state index contributed by atoms with van der Waals surface area (Å²) in [6.45, 7) is 3.99. The van der Waals surface area contributed by atoms with Crippen molar-refractivity contribution in [3.05, 3.63) is 40.5 Å². The topological polar surface area (TPSA) is 51.8 Å². The number of nitrogens with two attached hydrogens (primary N) is 1. The van der Waals surface area contributed by atoms with Crippen LogP contribution in [0.15, 0.2) is 24.3 Å². The van der Waals surface area contributed by atoms with Crippen molar-refractivity contribution in [3.8, 4) is 11.4 Å². The molecule has 0 saturated heterocycles. The van der Waals surface area contributed by atoms with Crippen molar-refractivity contribution in [1.29, 1.82) is 0 Å². The highest BCUT2D eigenvalue weighted by Crippen LogP contribution is 2.31. The van der Waals surface area contributed by atoms with Crippen molar-refractivity contribution in [3.63, 3.8) is 0 Å². The van der Waals surface area contributed by atoms with Gasteiger partial charge < -0.3 is 5.73 Å². The van der Waals surface area contributed by atoms with Gasteiger partial charge in [-0.25, -0.2) is 14.4 Å². The first-order chi connectivity index (χ1) is 9.58. The zero-order chi connectivity index (χ0) is 14.3. The Morgan fingerprint density at radius 1 is 1.25 bits per heavy atom. The summed E-state index contributed by atoms with van der Waals surface area (Å²) in [6.07, 6.45) is 0.925. The molecule has 1 aromatic carbocycles. The Morgan fingerprint density at radius 2 is 2.05 bits per heavy atom. The molecule has 0 aliphatic heterocycles. The van der Waals surface area contributed by atoms with Gasteiger partial charge in [0.2, 0.25) is 0 Å². The Morgan fingerprint density at radius 3 is 2.80 bits per heavy atom. The molecular weight excluding hydrogens is 273 g/mol. The molecule has 0 fully saturated rings. The predicted octanol–water partition coefficient (Wildman–Crippen LogP) is 3.95. The van der Waals surface area contributed by atoms with Crippen LogP contribution < -0.4 is 5.73 Å². The van der Waals surface area contributed by atoms with Gasteiger partial charge in [-0.3, -0.25) is 0 Å². The van der Waals surface area contributed by atoms with Gasteiger partial charge in [0.1, 0.15) is 16.5 Å². The standard InChI is InChI=1S/C15H14FN3S/c1-3-9-7-11-13(17)18-14(19-15(11)20-9)10-6-8(2)4-5-12(10)16/h4-7H,3H2,1-2H3,(H2,17,18,19). The fraction of sp³-hybridized carbons (Fsp3) is 0.200. The molecule has 2 heterocycles. The van der Waals surface area contributed by atoms with E-state index in [1.165, 1.54) is 10.9 Å². The summed E-state index contributed by atoms with van der Waals surface area (Å²) in [4.78, 5) is 10.7. The minimum atomic E-state index is -0.332. The molecule has 0 bridgehead atoms. The summed E-state index contributed by atoms with van der Waals surface area (Å²) >= 11 is 1.58.